The smallest absolute Gasteiger partial charge is 0.348 e. The number of ether oxygens (including phenoxy) is 3. The first-order valence-corrected chi connectivity index (χ1v) is 12.1. The van der Waals surface area contributed by atoms with E-state index in [1.807, 2.05) is 35.1 Å². The summed E-state index contributed by atoms with van der Waals surface area (Å²) < 4.78 is 41.0. The largest absolute Gasteiger partial charge is 0.465 e. The van der Waals surface area contributed by atoms with Gasteiger partial charge in [-0.2, -0.15) is 4.72 Å². The van der Waals surface area contributed by atoms with Crippen molar-refractivity contribution in [3.05, 3.63) is 51.9 Å². The second-order valence-electron chi connectivity index (χ2n) is 6.89. The summed E-state index contributed by atoms with van der Waals surface area (Å²) in [7, 11) is -2.25. The van der Waals surface area contributed by atoms with E-state index in [1.54, 1.807) is 6.92 Å². The van der Waals surface area contributed by atoms with E-state index in [4.69, 9.17) is 4.74 Å². The van der Waals surface area contributed by atoms with Crippen LogP contribution in [-0.4, -0.2) is 59.6 Å². The van der Waals surface area contributed by atoms with E-state index in [-0.39, 0.29) is 22.0 Å². The molecule has 2 rings (SSSR count). The minimum absolute atomic E-state index is 0.0656. The highest BCUT2D eigenvalue weighted by molar-refractivity contribution is 7.91. The highest BCUT2D eigenvalue weighted by Gasteiger charge is 2.33. The Morgan fingerprint density at radius 3 is 2.24 bits per heavy atom. The number of esters is 3. The van der Waals surface area contributed by atoms with Gasteiger partial charge in [0.1, 0.15) is 11.4 Å². The minimum atomic E-state index is -4.42. The van der Waals surface area contributed by atoms with Gasteiger partial charge in [-0.25, -0.2) is 18.0 Å². The first-order chi connectivity index (χ1) is 16.0. The molecule has 2 N–H and O–H groups in total. The molecular weight excluding hydrogens is 488 g/mol. The first-order valence-electron chi connectivity index (χ1n) is 9.81. The molecule has 0 aliphatic carbocycles. The number of carbonyl (C=O) groups excluding carboxylic acids is 4. The molecule has 1 aromatic heterocycles. The van der Waals surface area contributed by atoms with Crippen LogP contribution in [-0.2, 0) is 33.8 Å². The van der Waals surface area contributed by atoms with Crippen molar-refractivity contribution in [1.29, 1.82) is 0 Å². The topological polar surface area (TPSA) is 154 Å². The van der Waals surface area contributed by atoms with Crippen molar-refractivity contribution >= 4 is 45.2 Å². The van der Waals surface area contributed by atoms with E-state index >= 15 is 0 Å². The molecule has 2 aromatic rings. The van der Waals surface area contributed by atoms with E-state index in [0.717, 1.165) is 19.8 Å². The fourth-order valence-corrected chi connectivity index (χ4v) is 5.58. The third-order valence-electron chi connectivity index (χ3n) is 4.57. The Morgan fingerprint density at radius 2 is 1.65 bits per heavy atom. The Labute approximate surface area is 200 Å². The summed E-state index contributed by atoms with van der Waals surface area (Å²) >= 11 is 0.502. The molecule has 0 aliphatic heterocycles. The van der Waals surface area contributed by atoms with Gasteiger partial charge in [0.05, 0.1) is 25.8 Å². The molecule has 0 spiro atoms. The number of thiophene rings is 1. The normalized spacial score (nSPS) is 11.9. The van der Waals surface area contributed by atoms with Crippen LogP contribution in [0.2, 0.25) is 0 Å². The van der Waals surface area contributed by atoms with Gasteiger partial charge >= 0.3 is 17.9 Å². The van der Waals surface area contributed by atoms with Crippen LogP contribution in [0.15, 0.2) is 34.5 Å². The molecule has 184 valence electrons. The third kappa shape index (κ3) is 6.62. The van der Waals surface area contributed by atoms with Gasteiger partial charge in [-0.1, -0.05) is 30.3 Å². The predicted octanol–water partition coefficient (Wildman–Crippen LogP) is 1.33. The zero-order valence-electron chi connectivity index (χ0n) is 18.9. The maximum atomic E-state index is 12.7. The lowest BCUT2D eigenvalue weighted by Gasteiger charge is -2.14. The van der Waals surface area contributed by atoms with Crippen LogP contribution < -0.4 is 10.0 Å². The second-order valence-corrected chi connectivity index (χ2v) is 9.87. The van der Waals surface area contributed by atoms with E-state index in [1.165, 1.54) is 6.92 Å². The van der Waals surface area contributed by atoms with Gasteiger partial charge in [-0.15, -0.1) is 11.3 Å². The van der Waals surface area contributed by atoms with Crippen LogP contribution in [0.3, 0.4) is 0 Å². The molecule has 11 nitrogen and oxygen atoms in total. The van der Waals surface area contributed by atoms with Crippen molar-refractivity contribution < 1.29 is 41.8 Å². The third-order valence-corrected chi connectivity index (χ3v) is 7.76. The van der Waals surface area contributed by atoms with Crippen LogP contribution in [0.1, 0.15) is 44.1 Å². The molecule has 0 bridgehead atoms. The van der Waals surface area contributed by atoms with E-state index < -0.39 is 51.2 Å². The molecular formula is C21H24N2O9S2. The summed E-state index contributed by atoms with van der Waals surface area (Å²) in [5.74, 6) is -3.40. The van der Waals surface area contributed by atoms with Crippen LogP contribution in [0.5, 0.6) is 0 Å². The molecule has 0 radical (unpaired) electrons. The summed E-state index contributed by atoms with van der Waals surface area (Å²) in [6, 6.07) is 8.80. The van der Waals surface area contributed by atoms with Crippen molar-refractivity contribution in [3.8, 4) is 0 Å². The van der Waals surface area contributed by atoms with Gasteiger partial charge in [0.25, 0.3) is 15.9 Å². The van der Waals surface area contributed by atoms with E-state index in [0.29, 0.717) is 11.3 Å². The molecule has 0 aliphatic rings. The molecule has 1 atom stereocenters. The van der Waals surface area contributed by atoms with Gasteiger partial charge in [0.15, 0.2) is 10.8 Å². The van der Waals surface area contributed by atoms with Gasteiger partial charge in [0.2, 0.25) is 0 Å². The van der Waals surface area contributed by atoms with Gasteiger partial charge in [0, 0.05) is 0 Å². The zero-order chi connectivity index (χ0) is 25.5. The number of nitrogens with one attached hydrogen (secondary N) is 2. The van der Waals surface area contributed by atoms with Gasteiger partial charge in [-0.3, -0.25) is 9.59 Å². The number of rotatable bonds is 10. The summed E-state index contributed by atoms with van der Waals surface area (Å²) in [5, 5.41) is 2.65. The Hall–Kier alpha value is -3.29. The lowest BCUT2D eigenvalue weighted by atomic mass is 10.1. The van der Waals surface area contributed by atoms with Crippen molar-refractivity contribution in [2.45, 2.75) is 24.1 Å². The SMILES string of the molecule is COC(=O)c1sc(S(=O)(=O)NCC(=O)OCC(=O)N[C@@H](C)c2ccccc2)c(C(=O)OC)c1C. The molecule has 1 aromatic carbocycles. The summed E-state index contributed by atoms with van der Waals surface area (Å²) in [6.45, 7) is 1.70. The van der Waals surface area contributed by atoms with Crippen LogP contribution in [0, 0.1) is 6.92 Å². The fourth-order valence-electron chi connectivity index (χ4n) is 2.83. The molecule has 0 fully saturated rings. The van der Waals surface area contributed by atoms with Crippen molar-refractivity contribution in [1.82, 2.24) is 10.0 Å². The fraction of sp³-hybridized carbons (Fsp3) is 0.333. The van der Waals surface area contributed by atoms with E-state index in [9.17, 15) is 27.6 Å². The molecule has 34 heavy (non-hydrogen) atoms. The van der Waals surface area contributed by atoms with Crippen LogP contribution in [0.25, 0.3) is 0 Å². The number of methoxy groups -OCH3 is 2. The van der Waals surface area contributed by atoms with E-state index in [2.05, 4.69) is 14.8 Å². The highest BCUT2D eigenvalue weighted by Crippen LogP contribution is 2.33. The quantitative estimate of drug-likeness (QED) is 0.354. The predicted molar refractivity (Wildman–Crippen MR) is 121 cm³/mol. The van der Waals surface area contributed by atoms with Crippen LogP contribution >= 0.6 is 11.3 Å². The highest BCUT2D eigenvalue weighted by atomic mass is 32.2. The Kier molecular flexibility index (Phi) is 9.29. The van der Waals surface area contributed by atoms with Crippen molar-refractivity contribution in [2.75, 3.05) is 27.4 Å². The van der Waals surface area contributed by atoms with Crippen molar-refractivity contribution in [2.24, 2.45) is 0 Å². The standard InChI is InChI=1S/C21H24N2O9S2/c1-12-17(19(26)30-3)21(33-18(12)20(27)31-4)34(28,29)22-10-16(25)32-11-15(24)23-13(2)14-8-6-5-7-9-14/h5-9,13,22H,10-11H2,1-4H3,(H,23,24)/t13-/m0/s1. The molecule has 1 heterocycles. The Bertz CT molecular complexity index is 1170. The average Bonchev–Trinajstić information content (AvgIpc) is 3.18. The lowest BCUT2D eigenvalue weighted by Crippen LogP contribution is -2.35. The number of benzene rings is 1. The molecule has 1 amide bonds. The number of amides is 1. The van der Waals surface area contributed by atoms with Crippen LogP contribution in [0.4, 0.5) is 0 Å². The molecule has 0 saturated heterocycles. The summed E-state index contributed by atoms with van der Waals surface area (Å²) in [4.78, 5) is 48.0. The number of hydrogen-bond acceptors (Lipinski definition) is 10. The second kappa shape index (κ2) is 11.7. The molecule has 0 unspecified atom stereocenters. The van der Waals surface area contributed by atoms with Gasteiger partial charge in [-0.05, 0) is 25.0 Å². The number of hydrogen-bond donors (Lipinski definition) is 2. The summed E-state index contributed by atoms with van der Waals surface area (Å²) in [5.41, 5.74) is 0.577. The lowest BCUT2D eigenvalue weighted by molar-refractivity contribution is -0.147. The Balaban J connectivity index is 2.02. The number of carbonyl (C=O) groups is 4. The molecule has 13 heteroatoms. The molecule has 0 saturated carbocycles. The summed E-state index contributed by atoms with van der Waals surface area (Å²) in [6.07, 6.45) is 0. The van der Waals surface area contributed by atoms with Gasteiger partial charge < -0.3 is 19.5 Å². The zero-order valence-corrected chi connectivity index (χ0v) is 20.5. The maximum absolute atomic E-state index is 12.7. The average molecular weight is 513 g/mol. The minimum Gasteiger partial charge on any atom is -0.465 e. The van der Waals surface area contributed by atoms with Crippen molar-refractivity contribution in [3.63, 3.8) is 0 Å². The monoisotopic (exact) mass is 512 g/mol. The maximum Gasteiger partial charge on any atom is 0.348 e. The first kappa shape index (κ1) is 27.0. The number of sulfonamides is 1. The Morgan fingerprint density at radius 1 is 1.03 bits per heavy atom.